The Morgan fingerprint density at radius 3 is 2.20 bits per heavy atom. The quantitative estimate of drug-likeness (QED) is 0.369. The first-order valence-electron chi connectivity index (χ1n) is 7.01. The number of carbonyl (C=O) groups excluding carboxylic acids is 2. The molecule has 0 saturated heterocycles. The van der Waals surface area contributed by atoms with E-state index in [0.717, 1.165) is 36.4 Å². The van der Waals surface area contributed by atoms with Gasteiger partial charge in [0.25, 0.3) is 0 Å². The summed E-state index contributed by atoms with van der Waals surface area (Å²) in [5, 5.41) is 0. The van der Waals surface area contributed by atoms with Crippen molar-refractivity contribution in [3.05, 3.63) is 63.4 Å². The molecule has 0 aromatic heterocycles. The smallest absolute Gasteiger partial charge is 0.387 e. The first-order chi connectivity index (χ1) is 11.8. The van der Waals surface area contributed by atoms with Crippen LogP contribution in [0.3, 0.4) is 0 Å². The summed E-state index contributed by atoms with van der Waals surface area (Å²) in [7, 11) is 0. The predicted molar refractivity (Wildman–Crippen MR) is 85.5 cm³/mol. The minimum atomic E-state index is -3.10. The lowest BCUT2D eigenvalue weighted by Crippen LogP contribution is -2.15. The van der Waals surface area contributed by atoms with Crippen molar-refractivity contribution in [2.45, 2.75) is 13.0 Å². The van der Waals surface area contributed by atoms with Gasteiger partial charge < -0.3 is 4.74 Å². The summed E-state index contributed by atoms with van der Waals surface area (Å²) in [5.74, 6) is -2.69. The molecular weight excluding hydrogens is 408 g/mol. The molecule has 0 atom stereocenters. The number of aryl methyl sites for hydroxylation is 1. The van der Waals surface area contributed by atoms with Gasteiger partial charge in [0.1, 0.15) is 11.6 Å². The van der Waals surface area contributed by atoms with Gasteiger partial charge in [-0.25, -0.2) is 4.39 Å². The molecule has 0 radical (unpaired) electrons. The van der Waals surface area contributed by atoms with Crippen LogP contribution in [0.1, 0.15) is 26.3 Å². The van der Waals surface area contributed by atoms with E-state index in [2.05, 4.69) is 20.7 Å². The van der Waals surface area contributed by atoms with Gasteiger partial charge in [-0.15, -0.1) is 0 Å². The van der Waals surface area contributed by atoms with Gasteiger partial charge in [0.05, 0.1) is 11.1 Å². The zero-order valence-corrected chi connectivity index (χ0v) is 14.2. The molecule has 3 nitrogen and oxygen atoms in total. The van der Waals surface area contributed by atoms with Gasteiger partial charge >= 0.3 is 6.61 Å². The van der Waals surface area contributed by atoms with E-state index in [0.29, 0.717) is 0 Å². The molecule has 25 heavy (non-hydrogen) atoms. The van der Waals surface area contributed by atoms with Crippen molar-refractivity contribution in [2.75, 3.05) is 6.67 Å². The van der Waals surface area contributed by atoms with Crippen molar-refractivity contribution in [1.29, 1.82) is 0 Å². The van der Waals surface area contributed by atoms with E-state index in [4.69, 9.17) is 0 Å². The average Bonchev–Trinajstić information content (AvgIpc) is 2.57. The molecule has 132 valence electrons. The molecule has 8 heteroatoms. The fourth-order valence-corrected chi connectivity index (χ4v) is 2.51. The largest absolute Gasteiger partial charge is 0.435 e. The molecular formula is C17H11BrF4O3. The number of hydrogen-bond donors (Lipinski definition) is 0. The molecule has 0 unspecified atom stereocenters. The number of ether oxygens (including phenoxy) is 1. The van der Waals surface area contributed by atoms with Crippen molar-refractivity contribution in [3.8, 4) is 5.75 Å². The fraction of sp³-hybridized carbons (Fsp3) is 0.176. The van der Waals surface area contributed by atoms with E-state index in [1.54, 1.807) is 0 Å². The summed E-state index contributed by atoms with van der Waals surface area (Å²) in [6.45, 7) is -3.95. The third kappa shape index (κ3) is 4.66. The Kier molecular flexibility index (Phi) is 6.30. The minimum absolute atomic E-state index is 0.0185. The summed E-state index contributed by atoms with van der Waals surface area (Å²) in [6.07, 6.45) is -0.251. The summed E-state index contributed by atoms with van der Waals surface area (Å²) in [4.78, 5) is 24.5. The average molecular weight is 419 g/mol. The molecule has 0 spiro atoms. The molecule has 0 bridgehead atoms. The monoisotopic (exact) mass is 418 g/mol. The van der Waals surface area contributed by atoms with E-state index in [-0.39, 0.29) is 33.3 Å². The summed E-state index contributed by atoms with van der Waals surface area (Å²) in [6, 6.07) is 6.69. The number of halogens is 5. The molecule has 2 rings (SSSR count). The first kappa shape index (κ1) is 19.1. The number of benzene rings is 2. The van der Waals surface area contributed by atoms with Gasteiger partial charge in [0.2, 0.25) is 11.6 Å². The van der Waals surface area contributed by atoms with Crippen molar-refractivity contribution in [3.63, 3.8) is 0 Å². The van der Waals surface area contributed by atoms with Crippen molar-refractivity contribution >= 4 is 27.5 Å². The van der Waals surface area contributed by atoms with E-state index in [9.17, 15) is 27.2 Å². The Hall–Kier alpha value is -2.22. The highest BCUT2D eigenvalue weighted by molar-refractivity contribution is 9.10. The molecule has 0 amide bonds. The van der Waals surface area contributed by atoms with Crippen LogP contribution in [0.15, 0.2) is 40.9 Å². The SMILES string of the molecule is O=C(C(=O)c1ccc(OC(F)F)c(CCF)c1)c1ccc(F)c(Br)c1. The van der Waals surface area contributed by atoms with E-state index in [1.807, 2.05) is 0 Å². The van der Waals surface area contributed by atoms with Crippen LogP contribution < -0.4 is 4.74 Å². The number of hydrogen-bond acceptors (Lipinski definition) is 3. The zero-order chi connectivity index (χ0) is 18.6. The Bertz CT molecular complexity index is 808. The lowest BCUT2D eigenvalue weighted by atomic mass is 9.99. The second kappa shape index (κ2) is 8.24. The van der Waals surface area contributed by atoms with Crippen LogP contribution in [0.2, 0.25) is 0 Å². The van der Waals surface area contributed by atoms with Gasteiger partial charge in [0, 0.05) is 17.5 Å². The highest BCUT2D eigenvalue weighted by Crippen LogP contribution is 2.24. The van der Waals surface area contributed by atoms with Crippen LogP contribution >= 0.6 is 15.9 Å². The van der Waals surface area contributed by atoms with Crippen LogP contribution in [0, 0.1) is 5.82 Å². The Balaban J connectivity index is 2.32. The van der Waals surface area contributed by atoms with Crippen LogP contribution in [0.5, 0.6) is 5.75 Å². The molecule has 0 aliphatic carbocycles. The van der Waals surface area contributed by atoms with Gasteiger partial charge in [-0.05, 0) is 57.9 Å². The van der Waals surface area contributed by atoms with Crippen molar-refractivity contribution in [1.82, 2.24) is 0 Å². The number of ketones is 2. The van der Waals surface area contributed by atoms with Gasteiger partial charge in [0.15, 0.2) is 0 Å². The highest BCUT2D eigenvalue weighted by atomic mass is 79.9. The summed E-state index contributed by atoms with van der Waals surface area (Å²) < 4.78 is 54.8. The Labute approximate surface area is 148 Å². The van der Waals surface area contributed by atoms with Crippen molar-refractivity contribution < 1.29 is 31.9 Å². The number of Topliss-reactive ketones (excluding diaryl/α,β-unsaturated/α-hetero) is 2. The van der Waals surface area contributed by atoms with E-state index >= 15 is 0 Å². The third-order valence-electron chi connectivity index (χ3n) is 3.29. The molecule has 0 heterocycles. The highest BCUT2D eigenvalue weighted by Gasteiger charge is 2.21. The molecule has 2 aromatic rings. The maximum atomic E-state index is 13.2. The first-order valence-corrected chi connectivity index (χ1v) is 7.80. The minimum Gasteiger partial charge on any atom is -0.435 e. The molecule has 2 aromatic carbocycles. The maximum absolute atomic E-state index is 13.2. The number of rotatable bonds is 7. The van der Waals surface area contributed by atoms with E-state index in [1.165, 1.54) is 0 Å². The lowest BCUT2D eigenvalue weighted by Gasteiger charge is -2.11. The maximum Gasteiger partial charge on any atom is 0.387 e. The van der Waals surface area contributed by atoms with Crippen LogP contribution in [-0.2, 0) is 6.42 Å². The normalized spacial score (nSPS) is 10.8. The summed E-state index contributed by atoms with van der Waals surface area (Å²) in [5.41, 5.74) is -0.101. The van der Waals surface area contributed by atoms with Crippen molar-refractivity contribution in [2.24, 2.45) is 0 Å². The Morgan fingerprint density at radius 1 is 1.04 bits per heavy atom. The Morgan fingerprint density at radius 2 is 1.64 bits per heavy atom. The second-order valence-corrected chi connectivity index (χ2v) is 5.78. The van der Waals surface area contributed by atoms with Gasteiger partial charge in [-0.1, -0.05) is 0 Å². The lowest BCUT2D eigenvalue weighted by molar-refractivity contribution is -0.0504. The molecule has 0 fully saturated rings. The second-order valence-electron chi connectivity index (χ2n) is 4.93. The number of alkyl halides is 3. The number of carbonyl (C=O) groups is 2. The fourth-order valence-electron chi connectivity index (χ4n) is 2.13. The predicted octanol–water partition coefficient (Wildman–Crippen LogP) is 4.77. The van der Waals surface area contributed by atoms with Crippen LogP contribution in [0.4, 0.5) is 17.6 Å². The topological polar surface area (TPSA) is 43.4 Å². The summed E-state index contributed by atoms with van der Waals surface area (Å²) >= 11 is 2.92. The zero-order valence-electron chi connectivity index (χ0n) is 12.6. The van der Waals surface area contributed by atoms with Crippen LogP contribution in [0.25, 0.3) is 0 Å². The van der Waals surface area contributed by atoms with Gasteiger partial charge in [-0.2, -0.15) is 8.78 Å². The molecule has 0 saturated carbocycles. The standard InChI is InChI=1S/C17H11BrF4O3/c18-12-8-11(1-3-13(12)20)16(24)15(23)10-2-4-14(25-17(21)22)9(7-10)5-6-19/h1-4,7-8,17H,5-6H2. The third-order valence-corrected chi connectivity index (χ3v) is 3.90. The molecule has 0 aliphatic heterocycles. The van der Waals surface area contributed by atoms with E-state index < -0.39 is 30.7 Å². The molecule has 0 N–H and O–H groups in total. The van der Waals surface area contributed by atoms with Gasteiger partial charge in [-0.3, -0.25) is 14.0 Å². The van der Waals surface area contributed by atoms with Crippen LogP contribution in [-0.4, -0.2) is 24.9 Å². The molecule has 0 aliphatic rings.